The number of carbonyl (C=O) groups is 1. The quantitative estimate of drug-likeness (QED) is 0.136. The maximum atomic E-state index is 12.6. The largest absolute Gasteiger partial charge is 0.491 e. The zero-order valence-electron chi connectivity index (χ0n) is 20.1. The highest BCUT2D eigenvalue weighted by Crippen LogP contribution is 2.36. The monoisotopic (exact) mass is 635 g/mol. The molecule has 0 aliphatic carbocycles. The van der Waals surface area contributed by atoms with Gasteiger partial charge in [-0.05, 0) is 54.1 Å². The fourth-order valence-electron chi connectivity index (χ4n) is 3.53. The predicted octanol–water partition coefficient (Wildman–Crippen LogP) is 7.41. The summed E-state index contributed by atoms with van der Waals surface area (Å²) in [7, 11) is 1.65. The van der Waals surface area contributed by atoms with Gasteiger partial charge in [-0.15, -0.1) is 22.7 Å². The number of hydrogen-bond donors (Lipinski definition) is 1. The summed E-state index contributed by atoms with van der Waals surface area (Å²) in [6.45, 7) is 5.40. The van der Waals surface area contributed by atoms with Crippen LogP contribution in [0.2, 0.25) is 0 Å². The summed E-state index contributed by atoms with van der Waals surface area (Å²) >= 11 is 4.76. The molecule has 1 N–H and O–H groups in total. The Hall–Kier alpha value is -2.54. The first-order valence-corrected chi connectivity index (χ1v) is 13.9. The number of rotatable bonds is 11. The van der Waals surface area contributed by atoms with Crippen LogP contribution in [0.4, 0.5) is 10.9 Å². The van der Waals surface area contributed by atoms with E-state index in [1.165, 1.54) is 0 Å². The lowest BCUT2D eigenvalue weighted by atomic mass is 10.0. The maximum absolute atomic E-state index is 12.6. The van der Waals surface area contributed by atoms with Crippen molar-refractivity contribution in [3.05, 3.63) is 64.5 Å². The van der Waals surface area contributed by atoms with E-state index in [0.717, 1.165) is 38.7 Å². The smallest absolute Gasteiger partial charge is 0.351 e. The van der Waals surface area contributed by atoms with E-state index in [1.807, 2.05) is 41.8 Å². The summed E-state index contributed by atoms with van der Waals surface area (Å²) in [6.07, 6.45) is 2.64. The Morgan fingerprint density at radius 2 is 1.94 bits per heavy atom. The number of nitrogens with one attached hydrogen (secondary N) is 1. The van der Waals surface area contributed by atoms with E-state index in [1.54, 1.807) is 65.1 Å². The lowest BCUT2D eigenvalue weighted by molar-refractivity contribution is 0.0801. The third kappa shape index (κ3) is 6.61. The van der Waals surface area contributed by atoms with Crippen molar-refractivity contribution in [2.24, 2.45) is 5.92 Å². The molecule has 10 heteroatoms. The minimum absolute atomic E-state index is 0.357. The normalized spacial score (nSPS) is 11.0. The van der Waals surface area contributed by atoms with Gasteiger partial charge in [-0.2, -0.15) is 0 Å². The van der Waals surface area contributed by atoms with Crippen LogP contribution in [-0.4, -0.2) is 36.3 Å². The molecule has 1 aromatic carbocycles. The van der Waals surface area contributed by atoms with Gasteiger partial charge in [0.05, 0.1) is 12.3 Å². The van der Waals surface area contributed by atoms with Crippen molar-refractivity contribution in [1.29, 1.82) is 0 Å². The predicted molar refractivity (Wildman–Crippen MR) is 154 cm³/mol. The van der Waals surface area contributed by atoms with E-state index < -0.39 is 5.97 Å². The molecular formula is C26H26IN3O4S2. The summed E-state index contributed by atoms with van der Waals surface area (Å²) in [5, 5.41) is 5.92. The number of benzene rings is 1. The van der Waals surface area contributed by atoms with Crippen molar-refractivity contribution < 1.29 is 17.3 Å². The molecule has 3 aromatic heterocycles. The number of thiazole rings is 1. The number of carbonyl (C=O) groups excluding carboxylic acids is 1. The Morgan fingerprint density at radius 1 is 1.14 bits per heavy atom. The Labute approximate surface area is 232 Å². The molecule has 0 spiro atoms. The van der Waals surface area contributed by atoms with E-state index in [4.69, 9.17) is 17.5 Å². The molecule has 4 rings (SSSR count). The third-order valence-electron chi connectivity index (χ3n) is 5.18. The summed E-state index contributed by atoms with van der Waals surface area (Å²) in [5.41, 5.74) is 3.13. The number of aromatic nitrogens is 2. The van der Waals surface area contributed by atoms with Crippen molar-refractivity contribution in [3.8, 4) is 27.4 Å². The van der Waals surface area contributed by atoms with E-state index in [0.29, 0.717) is 35.6 Å². The van der Waals surface area contributed by atoms with Gasteiger partial charge in [-0.3, -0.25) is 0 Å². The van der Waals surface area contributed by atoms with Crippen molar-refractivity contribution in [3.63, 3.8) is 0 Å². The van der Waals surface area contributed by atoms with Crippen LogP contribution in [0.25, 0.3) is 21.7 Å². The zero-order valence-corrected chi connectivity index (χ0v) is 23.9. The number of ether oxygens (including phenoxy) is 2. The molecule has 0 saturated carbocycles. The Kier molecular flexibility index (Phi) is 9.30. The average molecular weight is 636 g/mol. The third-order valence-corrected chi connectivity index (χ3v) is 7.50. The van der Waals surface area contributed by atoms with Crippen LogP contribution in [0, 0.1) is 5.92 Å². The van der Waals surface area contributed by atoms with E-state index in [2.05, 4.69) is 24.1 Å². The van der Waals surface area contributed by atoms with Crippen LogP contribution in [0.3, 0.4) is 0 Å². The number of hydrogen-bond acceptors (Lipinski definition) is 9. The molecule has 0 saturated heterocycles. The number of thiophene rings is 1. The van der Waals surface area contributed by atoms with Gasteiger partial charge in [0.1, 0.15) is 23.7 Å². The van der Waals surface area contributed by atoms with Crippen LogP contribution >= 0.6 is 45.7 Å². The second-order valence-electron chi connectivity index (χ2n) is 8.34. The highest BCUT2D eigenvalue weighted by Gasteiger charge is 2.20. The lowest BCUT2D eigenvalue weighted by Crippen LogP contribution is -2.06. The second-order valence-corrected chi connectivity index (χ2v) is 10.8. The SMILES string of the molecule is COCCOc1ccc(-c2nc(Nc3ncc(-c4cccs4)cc3C(=O)OI)sc2CC(C)C)cc1. The Morgan fingerprint density at radius 3 is 2.61 bits per heavy atom. The first kappa shape index (κ1) is 26.5. The van der Waals surface area contributed by atoms with Gasteiger partial charge in [-0.1, -0.05) is 19.9 Å². The van der Waals surface area contributed by atoms with Crippen molar-refractivity contribution in [2.75, 3.05) is 25.6 Å². The second kappa shape index (κ2) is 12.6. The lowest BCUT2D eigenvalue weighted by Gasteiger charge is -2.09. The van der Waals surface area contributed by atoms with Gasteiger partial charge in [0.25, 0.3) is 0 Å². The van der Waals surface area contributed by atoms with Gasteiger partial charge in [0.2, 0.25) is 0 Å². The maximum Gasteiger partial charge on any atom is 0.351 e. The molecule has 0 aliphatic rings. The standard InChI is InChI=1S/C26H26IN3O4S2/c1-16(2)13-22-23(17-6-8-19(9-7-17)33-11-10-32-3)29-26(36-22)30-24-20(25(31)34-27)14-18(15-28-24)21-5-4-12-35-21/h4-9,12,14-16H,10-11,13H2,1-3H3,(H,28,29,30). The number of nitrogens with zero attached hydrogens (tertiary/aromatic N) is 2. The summed E-state index contributed by atoms with van der Waals surface area (Å²) in [6, 6.07) is 13.7. The molecule has 0 atom stereocenters. The summed E-state index contributed by atoms with van der Waals surface area (Å²) in [4.78, 5) is 24.2. The Balaban J connectivity index is 1.63. The molecule has 4 aromatic rings. The van der Waals surface area contributed by atoms with Crippen molar-refractivity contribution >= 4 is 62.6 Å². The fraction of sp³-hybridized carbons (Fsp3) is 0.269. The molecule has 0 aliphatic heterocycles. The van der Waals surface area contributed by atoms with Crippen molar-refractivity contribution in [2.45, 2.75) is 20.3 Å². The minimum Gasteiger partial charge on any atom is -0.491 e. The molecular weight excluding hydrogens is 609 g/mol. The van der Waals surface area contributed by atoms with Gasteiger partial charge >= 0.3 is 5.97 Å². The summed E-state index contributed by atoms with van der Waals surface area (Å²) < 4.78 is 15.7. The van der Waals surface area contributed by atoms with Gasteiger partial charge in [0.15, 0.2) is 28.1 Å². The topological polar surface area (TPSA) is 82.6 Å². The molecule has 188 valence electrons. The zero-order chi connectivity index (χ0) is 25.5. The highest BCUT2D eigenvalue weighted by molar-refractivity contribution is 14.1. The number of halogens is 1. The Bertz CT molecular complexity index is 1290. The van der Waals surface area contributed by atoms with Gasteiger partial charge in [-0.25, -0.2) is 14.8 Å². The van der Waals surface area contributed by atoms with Gasteiger partial charge < -0.3 is 17.9 Å². The number of anilines is 2. The molecule has 0 bridgehead atoms. The first-order chi connectivity index (χ1) is 17.5. The van der Waals surface area contributed by atoms with Gasteiger partial charge in [0, 0.05) is 34.2 Å². The average Bonchev–Trinajstić information content (AvgIpc) is 3.55. The van der Waals surface area contributed by atoms with Crippen LogP contribution < -0.4 is 10.1 Å². The molecule has 0 unspecified atom stereocenters. The molecule has 3 heterocycles. The van der Waals surface area contributed by atoms with Crippen LogP contribution in [0.1, 0.15) is 29.1 Å². The van der Waals surface area contributed by atoms with Crippen LogP contribution in [-0.2, 0) is 14.2 Å². The highest BCUT2D eigenvalue weighted by atomic mass is 127. The minimum atomic E-state index is -0.466. The fourth-order valence-corrected chi connectivity index (χ4v) is 5.67. The molecule has 7 nitrogen and oxygen atoms in total. The number of pyridine rings is 1. The van der Waals surface area contributed by atoms with E-state index in [9.17, 15) is 4.79 Å². The number of methoxy groups -OCH3 is 1. The summed E-state index contributed by atoms with van der Waals surface area (Å²) in [5.74, 6) is 1.19. The van der Waals surface area contributed by atoms with Crippen LogP contribution in [0.5, 0.6) is 5.75 Å². The van der Waals surface area contributed by atoms with Crippen molar-refractivity contribution in [1.82, 2.24) is 9.97 Å². The molecule has 36 heavy (non-hydrogen) atoms. The molecule has 0 fully saturated rings. The van der Waals surface area contributed by atoms with E-state index in [-0.39, 0.29) is 0 Å². The molecule has 0 amide bonds. The van der Waals surface area contributed by atoms with E-state index >= 15 is 0 Å². The first-order valence-electron chi connectivity index (χ1n) is 11.3. The molecule has 0 radical (unpaired) electrons. The van der Waals surface area contributed by atoms with Crippen LogP contribution in [0.15, 0.2) is 54.0 Å².